The first-order valence-electron chi connectivity index (χ1n) is 4.09. The Morgan fingerprint density at radius 2 is 2.07 bits per heavy atom. The van der Waals surface area contributed by atoms with Crippen LogP contribution in [-0.4, -0.2) is 21.8 Å². The van der Waals surface area contributed by atoms with Gasteiger partial charge in [-0.25, -0.2) is 4.39 Å². The summed E-state index contributed by atoms with van der Waals surface area (Å²) in [6.45, 7) is -0.236. The maximum Gasteiger partial charge on any atom is 0.264 e. The van der Waals surface area contributed by atoms with Crippen molar-refractivity contribution in [2.45, 2.75) is 6.61 Å². The van der Waals surface area contributed by atoms with Gasteiger partial charge in [0, 0.05) is 5.56 Å². The van der Waals surface area contributed by atoms with Crippen LogP contribution in [0.5, 0.6) is 5.75 Å². The van der Waals surface area contributed by atoms with E-state index >= 15 is 0 Å². The molecule has 1 aromatic rings. The molecule has 0 aliphatic rings. The van der Waals surface area contributed by atoms with Gasteiger partial charge >= 0.3 is 0 Å². The lowest BCUT2D eigenvalue weighted by Gasteiger charge is -2.07. The van der Waals surface area contributed by atoms with Gasteiger partial charge in [-0.15, -0.1) is 0 Å². The Morgan fingerprint density at radius 1 is 1.40 bits per heavy atom. The van der Waals surface area contributed by atoms with Gasteiger partial charge in [-0.05, 0) is 18.2 Å². The molecule has 0 aromatic heterocycles. The molecule has 1 aromatic carbocycles. The number of hydrogen-bond donors (Lipinski definition) is 0. The van der Waals surface area contributed by atoms with E-state index in [0.717, 1.165) is 6.26 Å². The highest BCUT2D eigenvalue weighted by Gasteiger charge is 2.08. The molecule has 0 aliphatic carbocycles. The first kappa shape index (κ1) is 11.9. The molecule has 0 spiro atoms. The number of halogens is 1. The second kappa shape index (κ2) is 4.59. The predicted octanol–water partition coefficient (Wildman–Crippen LogP) is 1.31. The van der Waals surface area contributed by atoms with Crippen LogP contribution in [0.15, 0.2) is 18.2 Å². The van der Waals surface area contributed by atoms with E-state index in [-0.39, 0.29) is 6.61 Å². The van der Waals surface area contributed by atoms with Crippen LogP contribution in [0.4, 0.5) is 4.39 Å². The second-order valence-electron chi connectivity index (χ2n) is 2.92. The van der Waals surface area contributed by atoms with Crippen LogP contribution in [0.25, 0.3) is 0 Å². The molecule has 0 radical (unpaired) electrons. The van der Waals surface area contributed by atoms with Gasteiger partial charge in [0.1, 0.15) is 11.6 Å². The van der Waals surface area contributed by atoms with Crippen molar-refractivity contribution in [3.05, 3.63) is 29.6 Å². The third-order valence-corrected chi connectivity index (χ3v) is 2.22. The van der Waals surface area contributed by atoms with Crippen molar-refractivity contribution in [3.8, 4) is 5.75 Å². The molecular weight excluding hydrogens is 223 g/mol. The van der Waals surface area contributed by atoms with Gasteiger partial charge in [-0.2, -0.15) is 8.42 Å². The summed E-state index contributed by atoms with van der Waals surface area (Å²) in [5.41, 5.74) is 0.350. The largest absolute Gasteiger partial charge is 0.496 e. The van der Waals surface area contributed by atoms with E-state index in [1.807, 2.05) is 0 Å². The lowest BCUT2D eigenvalue weighted by molar-refractivity contribution is 0.301. The fraction of sp³-hybridized carbons (Fsp3) is 0.333. The normalized spacial score (nSPS) is 11.4. The molecule has 0 fully saturated rings. The van der Waals surface area contributed by atoms with Crippen molar-refractivity contribution < 1.29 is 21.7 Å². The first-order chi connectivity index (χ1) is 6.92. The molecule has 0 unspecified atom stereocenters. The van der Waals surface area contributed by atoms with Crippen LogP contribution in [-0.2, 0) is 20.9 Å². The van der Waals surface area contributed by atoms with Crippen molar-refractivity contribution in [1.82, 2.24) is 0 Å². The van der Waals surface area contributed by atoms with Gasteiger partial charge < -0.3 is 4.74 Å². The maximum absolute atomic E-state index is 12.8. The zero-order chi connectivity index (χ0) is 11.5. The highest BCUT2D eigenvalue weighted by atomic mass is 32.2. The molecule has 0 bridgehead atoms. The van der Waals surface area contributed by atoms with Crippen LogP contribution < -0.4 is 4.74 Å². The van der Waals surface area contributed by atoms with Crippen molar-refractivity contribution in [1.29, 1.82) is 0 Å². The third-order valence-electron chi connectivity index (χ3n) is 1.67. The highest BCUT2D eigenvalue weighted by molar-refractivity contribution is 7.85. The molecule has 6 heteroatoms. The molecule has 15 heavy (non-hydrogen) atoms. The summed E-state index contributed by atoms with van der Waals surface area (Å²) in [5.74, 6) is -0.0806. The summed E-state index contributed by atoms with van der Waals surface area (Å²) in [6.07, 6.45) is 0.929. The summed E-state index contributed by atoms with van der Waals surface area (Å²) in [5, 5.41) is 0. The summed E-state index contributed by atoms with van der Waals surface area (Å²) < 4.78 is 43.8. The van der Waals surface area contributed by atoms with E-state index in [0.29, 0.717) is 11.3 Å². The van der Waals surface area contributed by atoms with Crippen LogP contribution in [0.2, 0.25) is 0 Å². The Labute approximate surface area is 87.8 Å². The molecule has 84 valence electrons. The minimum absolute atomic E-state index is 0.236. The molecule has 0 saturated carbocycles. The number of methoxy groups -OCH3 is 1. The van der Waals surface area contributed by atoms with Gasteiger partial charge in [-0.1, -0.05) is 0 Å². The van der Waals surface area contributed by atoms with E-state index < -0.39 is 15.9 Å². The summed E-state index contributed by atoms with van der Waals surface area (Å²) >= 11 is 0. The molecule has 0 N–H and O–H groups in total. The Balaban J connectivity index is 2.88. The third kappa shape index (κ3) is 3.85. The van der Waals surface area contributed by atoms with Crippen molar-refractivity contribution >= 4 is 10.1 Å². The topological polar surface area (TPSA) is 52.6 Å². The van der Waals surface area contributed by atoms with Crippen molar-refractivity contribution in [2.75, 3.05) is 13.4 Å². The Bertz CT molecular complexity index is 441. The fourth-order valence-electron chi connectivity index (χ4n) is 1.03. The van der Waals surface area contributed by atoms with Gasteiger partial charge in [-0.3, -0.25) is 4.18 Å². The quantitative estimate of drug-likeness (QED) is 0.737. The summed E-state index contributed by atoms with van der Waals surface area (Å²) in [7, 11) is -2.12. The Kier molecular flexibility index (Phi) is 3.65. The molecule has 0 atom stereocenters. The van der Waals surface area contributed by atoms with Crippen LogP contribution in [0, 0.1) is 5.82 Å². The number of rotatable bonds is 4. The lowest BCUT2D eigenvalue weighted by Crippen LogP contribution is -2.04. The molecule has 0 heterocycles. The lowest BCUT2D eigenvalue weighted by atomic mass is 10.2. The average Bonchev–Trinajstić information content (AvgIpc) is 2.14. The number of hydrogen-bond acceptors (Lipinski definition) is 4. The van der Waals surface area contributed by atoms with E-state index in [1.54, 1.807) is 0 Å². The number of benzene rings is 1. The van der Waals surface area contributed by atoms with Gasteiger partial charge in [0.2, 0.25) is 0 Å². The first-order valence-corrected chi connectivity index (χ1v) is 5.91. The minimum atomic E-state index is -3.54. The smallest absolute Gasteiger partial charge is 0.264 e. The molecule has 4 nitrogen and oxygen atoms in total. The molecule has 1 rings (SSSR count). The van der Waals surface area contributed by atoms with Crippen molar-refractivity contribution in [2.24, 2.45) is 0 Å². The molecule has 0 saturated heterocycles. The highest BCUT2D eigenvalue weighted by Crippen LogP contribution is 2.20. The van der Waals surface area contributed by atoms with E-state index in [2.05, 4.69) is 4.18 Å². The predicted molar refractivity (Wildman–Crippen MR) is 52.6 cm³/mol. The van der Waals surface area contributed by atoms with Crippen molar-refractivity contribution in [3.63, 3.8) is 0 Å². The minimum Gasteiger partial charge on any atom is -0.496 e. The SMILES string of the molecule is COc1ccc(F)cc1COS(C)(=O)=O. The molecule has 0 aliphatic heterocycles. The summed E-state index contributed by atoms with van der Waals surface area (Å²) in [4.78, 5) is 0. The Morgan fingerprint density at radius 3 is 2.60 bits per heavy atom. The van der Waals surface area contributed by atoms with E-state index in [4.69, 9.17) is 4.74 Å². The zero-order valence-electron chi connectivity index (χ0n) is 8.36. The second-order valence-corrected chi connectivity index (χ2v) is 4.57. The van der Waals surface area contributed by atoms with Crippen LogP contribution >= 0.6 is 0 Å². The number of ether oxygens (including phenoxy) is 1. The summed E-state index contributed by atoms with van der Waals surface area (Å²) in [6, 6.07) is 3.81. The maximum atomic E-state index is 12.8. The van der Waals surface area contributed by atoms with Crippen LogP contribution in [0.3, 0.4) is 0 Å². The monoisotopic (exact) mass is 234 g/mol. The average molecular weight is 234 g/mol. The van der Waals surface area contributed by atoms with Gasteiger partial charge in [0.05, 0.1) is 20.0 Å². The van der Waals surface area contributed by atoms with E-state index in [1.165, 1.54) is 25.3 Å². The standard InChI is InChI=1S/C9H11FO4S/c1-13-9-4-3-8(10)5-7(9)6-14-15(2,11)12/h3-5H,6H2,1-2H3. The molecule has 0 amide bonds. The zero-order valence-corrected chi connectivity index (χ0v) is 9.17. The van der Waals surface area contributed by atoms with E-state index in [9.17, 15) is 12.8 Å². The fourth-order valence-corrected chi connectivity index (χ4v) is 1.37. The van der Waals surface area contributed by atoms with Gasteiger partial charge in [0.15, 0.2) is 0 Å². The van der Waals surface area contributed by atoms with Gasteiger partial charge in [0.25, 0.3) is 10.1 Å². The Hall–Kier alpha value is -1.14. The van der Waals surface area contributed by atoms with Crippen LogP contribution in [0.1, 0.15) is 5.56 Å². The molecular formula is C9H11FO4S.